The Morgan fingerprint density at radius 1 is 1.33 bits per heavy atom. The minimum atomic E-state index is -2.99. The maximum absolute atomic E-state index is 11.7. The number of nitrogens with one attached hydrogen (secondary N) is 1. The molecule has 1 unspecified atom stereocenters. The van der Waals surface area contributed by atoms with Crippen molar-refractivity contribution in [3.63, 3.8) is 0 Å². The average Bonchev–Trinajstić information content (AvgIpc) is 2.53. The summed E-state index contributed by atoms with van der Waals surface area (Å²) in [5.74, 6) is -5.71. The number of carbonyl (C=O) groups is 2. The lowest BCUT2D eigenvalue weighted by Gasteiger charge is -2.16. The summed E-state index contributed by atoms with van der Waals surface area (Å²) in [6, 6.07) is 4.01. The van der Waals surface area contributed by atoms with Crippen LogP contribution in [-0.4, -0.2) is 39.0 Å². The second kappa shape index (κ2) is 4.21. The highest BCUT2D eigenvalue weighted by molar-refractivity contribution is 6.30. The van der Waals surface area contributed by atoms with E-state index in [0.29, 0.717) is 5.02 Å². The minimum Gasteiger partial charge on any atom is -0.480 e. The number of aliphatic hydroxyl groups is 2. The predicted octanol–water partition coefficient (Wildman–Crippen LogP) is -0.675. The lowest BCUT2D eigenvalue weighted by molar-refractivity contribution is -0.189. The van der Waals surface area contributed by atoms with Crippen LogP contribution in [0.25, 0.3) is 0 Å². The summed E-state index contributed by atoms with van der Waals surface area (Å²) < 4.78 is 0. The van der Waals surface area contributed by atoms with Crippen molar-refractivity contribution < 1.29 is 24.9 Å². The first-order valence-corrected chi connectivity index (χ1v) is 5.25. The molecule has 8 heteroatoms. The Bertz CT molecular complexity index is 501. The normalized spacial score (nSPS) is 22.3. The number of hydrogen-bond acceptors (Lipinski definition) is 5. The van der Waals surface area contributed by atoms with E-state index in [9.17, 15) is 19.8 Å². The van der Waals surface area contributed by atoms with Gasteiger partial charge >= 0.3 is 11.9 Å². The summed E-state index contributed by atoms with van der Waals surface area (Å²) in [5, 5.41) is 28.9. The van der Waals surface area contributed by atoms with Gasteiger partial charge in [-0.05, 0) is 24.3 Å². The third kappa shape index (κ3) is 1.93. The molecule has 2 rings (SSSR count). The molecule has 18 heavy (non-hydrogen) atoms. The number of anilines is 1. The first-order valence-electron chi connectivity index (χ1n) is 4.88. The Labute approximate surface area is 106 Å². The summed E-state index contributed by atoms with van der Waals surface area (Å²) in [7, 11) is 0. The second-order valence-electron chi connectivity index (χ2n) is 3.74. The van der Waals surface area contributed by atoms with Crippen LogP contribution in [0.4, 0.5) is 5.69 Å². The minimum absolute atomic E-state index is 0.251. The molecule has 1 aliphatic rings. The largest absolute Gasteiger partial charge is 0.480 e. The molecule has 1 heterocycles. The van der Waals surface area contributed by atoms with Gasteiger partial charge < -0.3 is 15.3 Å². The predicted molar refractivity (Wildman–Crippen MR) is 60.7 cm³/mol. The van der Waals surface area contributed by atoms with Crippen LogP contribution in [0.2, 0.25) is 5.02 Å². The molecular weight excluding hydrogens is 264 g/mol. The van der Waals surface area contributed by atoms with Crippen molar-refractivity contribution in [1.29, 1.82) is 0 Å². The van der Waals surface area contributed by atoms with Crippen LogP contribution in [-0.2, 0) is 9.59 Å². The van der Waals surface area contributed by atoms with E-state index in [2.05, 4.69) is 5.43 Å². The zero-order valence-corrected chi connectivity index (χ0v) is 9.63. The van der Waals surface area contributed by atoms with Gasteiger partial charge in [-0.15, -0.1) is 0 Å². The molecule has 0 spiro atoms. The molecule has 0 radical (unpaired) electrons. The number of rotatable bonds is 2. The van der Waals surface area contributed by atoms with Crippen molar-refractivity contribution in [1.82, 2.24) is 5.43 Å². The summed E-state index contributed by atoms with van der Waals surface area (Å²) in [4.78, 5) is 22.5. The summed E-state index contributed by atoms with van der Waals surface area (Å²) in [5.41, 5.74) is 2.46. The van der Waals surface area contributed by atoms with Gasteiger partial charge in [0.25, 0.3) is 5.79 Å². The SMILES string of the molecule is O=C(O)C1NN(c2ccc(Cl)cc2)C(=O)C1(O)O. The Morgan fingerprint density at radius 3 is 2.33 bits per heavy atom. The van der Waals surface area contributed by atoms with Crippen LogP contribution in [0.15, 0.2) is 24.3 Å². The van der Waals surface area contributed by atoms with Crippen LogP contribution in [0.5, 0.6) is 0 Å². The fourth-order valence-corrected chi connectivity index (χ4v) is 1.70. The van der Waals surface area contributed by atoms with E-state index >= 15 is 0 Å². The van der Waals surface area contributed by atoms with Gasteiger partial charge in [0.05, 0.1) is 5.69 Å². The Morgan fingerprint density at radius 2 is 1.89 bits per heavy atom. The number of benzene rings is 1. The van der Waals surface area contributed by atoms with Crippen LogP contribution >= 0.6 is 11.6 Å². The molecule has 7 nitrogen and oxygen atoms in total. The fraction of sp³-hybridized carbons (Fsp3) is 0.200. The summed E-state index contributed by atoms with van der Waals surface area (Å²) >= 11 is 5.67. The quantitative estimate of drug-likeness (QED) is 0.531. The van der Waals surface area contributed by atoms with Gasteiger partial charge in [0, 0.05) is 5.02 Å². The van der Waals surface area contributed by atoms with E-state index in [4.69, 9.17) is 16.7 Å². The number of hydrazine groups is 1. The van der Waals surface area contributed by atoms with Gasteiger partial charge in [0.2, 0.25) is 0 Å². The van der Waals surface area contributed by atoms with Crippen molar-refractivity contribution in [3.05, 3.63) is 29.3 Å². The number of carboxylic acids is 1. The smallest absolute Gasteiger partial charge is 0.328 e. The van der Waals surface area contributed by atoms with Crippen LogP contribution in [0.3, 0.4) is 0 Å². The number of halogens is 1. The molecule has 4 N–H and O–H groups in total. The first-order chi connectivity index (χ1) is 8.34. The number of hydrogen-bond donors (Lipinski definition) is 4. The maximum Gasteiger partial charge on any atom is 0.328 e. The fourth-order valence-electron chi connectivity index (χ4n) is 1.58. The maximum atomic E-state index is 11.7. The molecule has 96 valence electrons. The number of amides is 1. The average molecular weight is 273 g/mol. The molecule has 1 aromatic rings. The number of nitrogens with zero attached hydrogens (tertiary/aromatic N) is 1. The molecule has 0 aromatic heterocycles. The van der Waals surface area contributed by atoms with Gasteiger partial charge in [0.1, 0.15) is 0 Å². The summed E-state index contributed by atoms with van der Waals surface area (Å²) in [6.07, 6.45) is 0. The van der Waals surface area contributed by atoms with E-state index in [-0.39, 0.29) is 5.69 Å². The van der Waals surface area contributed by atoms with Crippen molar-refractivity contribution in [3.8, 4) is 0 Å². The molecule has 0 aliphatic carbocycles. The number of aliphatic carboxylic acids is 1. The van der Waals surface area contributed by atoms with E-state index in [1.807, 2.05) is 0 Å². The number of carboxylic acid groups (broad SMARTS) is 1. The van der Waals surface area contributed by atoms with Crippen LogP contribution in [0, 0.1) is 0 Å². The van der Waals surface area contributed by atoms with E-state index in [1.165, 1.54) is 24.3 Å². The standard InChI is InChI=1S/C10H9ClN2O5/c11-5-1-3-6(4-2-5)13-9(16)10(17,18)7(12-13)8(14)15/h1-4,7,12,17-18H,(H,14,15). The second-order valence-corrected chi connectivity index (χ2v) is 4.18. The van der Waals surface area contributed by atoms with Gasteiger partial charge in [-0.3, -0.25) is 9.59 Å². The zero-order chi connectivity index (χ0) is 13.5. The molecule has 1 saturated heterocycles. The van der Waals surface area contributed by atoms with Crippen molar-refractivity contribution in [2.24, 2.45) is 0 Å². The van der Waals surface area contributed by atoms with Gasteiger partial charge in [-0.1, -0.05) is 11.6 Å². The zero-order valence-electron chi connectivity index (χ0n) is 8.87. The van der Waals surface area contributed by atoms with Crippen molar-refractivity contribution >= 4 is 29.2 Å². The third-order valence-electron chi connectivity index (χ3n) is 2.51. The highest BCUT2D eigenvalue weighted by Gasteiger charge is 2.56. The van der Waals surface area contributed by atoms with Gasteiger partial charge in [-0.2, -0.15) is 0 Å². The topological polar surface area (TPSA) is 110 Å². The summed E-state index contributed by atoms with van der Waals surface area (Å²) in [6.45, 7) is 0. The molecule has 1 amide bonds. The molecule has 0 bridgehead atoms. The Balaban J connectivity index is 2.35. The molecule has 1 aromatic carbocycles. The molecule has 1 aliphatic heterocycles. The van der Waals surface area contributed by atoms with Crippen molar-refractivity contribution in [2.45, 2.75) is 11.8 Å². The Kier molecular flexibility index (Phi) is 2.99. The molecule has 1 fully saturated rings. The first kappa shape index (κ1) is 12.8. The molecular formula is C10H9ClN2O5. The van der Waals surface area contributed by atoms with Gasteiger partial charge in [-0.25, -0.2) is 10.4 Å². The van der Waals surface area contributed by atoms with E-state index < -0.39 is 23.7 Å². The Hall–Kier alpha value is -1.67. The third-order valence-corrected chi connectivity index (χ3v) is 2.76. The lowest BCUT2D eigenvalue weighted by atomic mass is 10.1. The highest BCUT2D eigenvalue weighted by Crippen LogP contribution is 2.25. The molecule has 0 saturated carbocycles. The monoisotopic (exact) mass is 272 g/mol. The van der Waals surface area contributed by atoms with E-state index in [1.54, 1.807) is 0 Å². The van der Waals surface area contributed by atoms with Gasteiger partial charge in [0.15, 0.2) is 6.04 Å². The highest BCUT2D eigenvalue weighted by atomic mass is 35.5. The van der Waals surface area contributed by atoms with Crippen LogP contribution < -0.4 is 10.4 Å². The van der Waals surface area contributed by atoms with Crippen LogP contribution in [0.1, 0.15) is 0 Å². The lowest BCUT2D eigenvalue weighted by Crippen LogP contribution is -2.51. The molecule has 1 atom stereocenters. The van der Waals surface area contributed by atoms with Crippen molar-refractivity contribution in [2.75, 3.05) is 5.01 Å². The van der Waals surface area contributed by atoms with E-state index in [0.717, 1.165) is 5.01 Å². The number of carbonyl (C=O) groups excluding carboxylic acids is 1.